The molecule has 0 aliphatic carbocycles. The molecule has 23 heavy (non-hydrogen) atoms. The number of hydrogen-bond donors (Lipinski definition) is 1. The summed E-state index contributed by atoms with van der Waals surface area (Å²) in [5.74, 6) is -0.0674. The zero-order valence-electron chi connectivity index (χ0n) is 13.3. The molecule has 0 saturated heterocycles. The number of benzene rings is 1. The Morgan fingerprint density at radius 2 is 1.91 bits per heavy atom. The first-order valence-electron chi connectivity index (χ1n) is 7.06. The second-order valence-corrected chi connectivity index (χ2v) is 5.29. The van der Waals surface area contributed by atoms with Crippen molar-refractivity contribution in [1.82, 2.24) is 9.88 Å². The summed E-state index contributed by atoms with van der Waals surface area (Å²) >= 11 is 0. The first-order chi connectivity index (χ1) is 10.1. The maximum absolute atomic E-state index is 12.3. The predicted octanol–water partition coefficient (Wildman–Crippen LogP) is 3.11. The Labute approximate surface area is 149 Å². The fraction of sp³-hybridized carbons (Fsp3) is 0.294. The minimum Gasteiger partial charge on any atom is -0.331 e. The molecule has 0 aliphatic rings. The largest absolute Gasteiger partial charge is 0.331 e. The van der Waals surface area contributed by atoms with E-state index in [2.05, 4.69) is 11.1 Å². The van der Waals surface area contributed by atoms with Crippen molar-refractivity contribution in [2.75, 3.05) is 0 Å². The molecule has 0 saturated carbocycles. The van der Waals surface area contributed by atoms with Crippen LogP contribution in [-0.2, 0) is 17.9 Å². The third-order valence-corrected chi connectivity index (χ3v) is 3.24. The average molecular weight is 356 g/mol. The fourth-order valence-corrected chi connectivity index (χ4v) is 2.22. The van der Waals surface area contributed by atoms with Crippen LogP contribution in [0.2, 0.25) is 0 Å². The van der Waals surface area contributed by atoms with Gasteiger partial charge in [0.05, 0.1) is 18.3 Å². The molecule has 2 N–H and O–H groups in total. The van der Waals surface area contributed by atoms with E-state index in [1.54, 1.807) is 18.0 Å². The van der Waals surface area contributed by atoms with Gasteiger partial charge in [0, 0.05) is 12.7 Å². The molecule has 126 valence electrons. The van der Waals surface area contributed by atoms with Crippen LogP contribution in [0.3, 0.4) is 0 Å². The molecule has 6 heteroatoms. The van der Waals surface area contributed by atoms with Crippen molar-refractivity contribution >= 4 is 30.7 Å². The molecule has 0 aliphatic heterocycles. The smallest absolute Gasteiger partial charge is 0.239 e. The van der Waals surface area contributed by atoms with Gasteiger partial charge in [0.25, 0.3) is 0 Å². The van der Waals surface area contributed by atoms with Gasteiger partial charge in [-0.1, -0.05) is 35.9 Å². The summed E-state index contributed by atoms with van der Waals surface area (Å²) in [6, 6.07) is 13.3. The van der Waals surface area contributed by atoms with E-state index in [9.17, 15) is 4.79 Å². The SMILES string of the molecule is Cc1cccc(CN(Cc2ccccn2)C(=O)[C@@H](C)N)c1.Cl.Cl. The van der Waals surface area contributed by atoms with Crippen LogP contribution in [0.5, 0.6) is 0 Å². The highest BCUT2D eigenvalue weighted by Gasteiger charge is 2.18. The van der Waals surface area contributed by atoms with E-state index in [0.29, 0.717) is 13.1 Å². The Bertz CT molecular complexity index is 606. The molecule has 0 bridgehead atoms. The van der Waals surface area contributed by atoms with Crippen LogP contribution < -0.4 is 5.73 Å². The molecule has 1 aromatic heterocycles. The van der Waals surface area contributed by atoms with Crippen LogP contribution in [0.25, 0.3) is 0 Å². The number of carbonyl (C=O) groups is 1. The van der Waals surface area contributed by atoms with Gasteiger partial charge < -0.3 is 10.6 Å². The van der Waals surface area contributed by atoms with Crippen LogP contribution in [0.1, 0.15) is 23.7 Å². The number of pyridine rings is 1. The zero-order valence-corrected chi connectivity index (χ0v) is 14.9. The lowest BCUT2D eigenvalue weighted by Crippen LogP contribution is -2.41. The lowest BCUT2D eigenvalue weighted by Gasteiger charge is -2.24. The van der Waals surface area contributed by atoms with Gasteiger partial charge in [-0.05, 0) is 31.5 Å². The molecule has 0 unspecified atom stereocenters. The number of amides is 1. The van der Waals surface area contributed by atoms with E-state index in [4.69, 9.17) is 5.73 Å². The van der Waals surface area contributed by atoms with Gasteiger partial charge in [-0.25, -0.2) is 0 Å². The molecule has 0 radical (unpaired) electrons. The zero-order chi connectivity index (χ0) is 15.2. The Kier molecular flexibility index (Phi) is 9.49. The Morgan fingerprint density at radius 3 is 2.48 bits per heavy atom. The van der Waals surface area contributed by atoms with E-state index in [1.165, 1.54) is 5.56 Å². The number of aryl methyl sites for hydroxylation is 1. The number of nitrogens with zero attached hydrogens (tertiary/aromatic N) is 2. The molecule has 2 aromatic rings. The van der Waals surface area contributed by atoms with Gasteiger partial charge in [-0.15, -0.1) is 24.8 Å². The Morgan fingerprint density at radius 1 is 1.17 bits per heavy atom. The summed E-state index contributed by atoms with van der Waals surface area (Å²) in [5, 5.41) is 0. The topological polar surface area (TPSA) is 59.2 Å². The summed E-state index contributed by atoms with van der Waals surface area (Å²) in [4.78, 5) is 18.3. The summed E-state index contributed by atoms with van der Waals surface area (Å²) in [6.45, 7) is 4.76. The van der Waals surface area contributed by atoms with Crippen molar-refractivity contribution in [2.45, 2.75) is 33.0 Å². The minimum atomic E-state index is -0.515. The maximum Gasteiger partial charge on any atom is 0.239 e. The second-order valence-electron chi connectivity index (χ2n) is 5.29. The number of aromatic nitrogens is 1. The van der Waals surface area contributed by atoms with E-state index < -0.39 is 6.04 Å². The molecular formula is C17H23Cl2N3O. The number of halogens is 2. The molecule has 1 heterocycles. The van der Waals surface area contributed by atoms with Crippen molar-refractivity contribution in [3.05, 3.63) is 65.5 Å². The lowest BCUT2D eigenvalue weighted by molar-refractivity contribution is -0.133. The lowest BCUT2D eigenvalue weighted by atomic mass is 10.1. The van der Waals surface area contributed by atoms with Crippen LogP contribution in [0, 0.1) is 6.92 Å². The van der Waals surface area contributed by atoms with Crippen LogP contribution in [0.4, 0.5) is 0 Å². The summed E-state index contributed by atoms with van der Waals surface area (Å²) < 4.78 is 0. The molecule has 2 rings (SSSR count). The molecule has 4 nitrogen and oxygen atoms in total. The first kappa shape index (κ1) is 21.4. The Hall–Kier alpha value is -1.62. The first-order valence-corrected chi connectivity index (χ1v) is 7.06. The van der Waals surface area contributed by atoms with E-state index in [0.717, 1.165) is 11.3 Å². The van der Waals surface area contributed by atoms with Gasteiger partial charge in [0.1, 0.15) is 0 Å². The van der Waals surface area contributed by atoms with Crippen molar-refractivity contribution in [1.29, 1.82) is 0 Å². The summed E-state index contributed by atoms with van der Waals surface area (Å²) in [6.07, 6.45) is 1.73. The quantitative estimate of drug-likeness (QED) is 0.896. The van der Waals surface area contributed by atoms with E-state index >= 15 is 0 Å². The van der Waals surface area contributed by atoms with Gasteiger partial charge in [0.2, 0.25) is 5.91 Å². The van der Waals surface area contributed by atoms with E-state index in [1.807, 2.05) is 43.3 Å². The maximum atomic E-state index is 12.3. The normalized spacial score (nSPS) is 10.9. The van der Waals surface area contributed by atoms with Gasteiger partial charge >= 0.3 is 0 Å². The number of hydrogen-bond acceptors (Lipinski definition) is 3. The van der Waals surface area contributed by atoms with Gasteiger partial charge in [-0.2, -0.15) is 0 Å². The van der Waals surface area contributed by atoms with Crippen molar-refractivity contribution in [2.24, 2.45) is 5.73 Å². The predicted molar refractivity (Wildman–Crippen MR) is 97.8 cm³/mol. The number of carbonyl (C=O) groups excluding carboxylic acids is 1. The van der Waals surface area contributed by atoms with Gasteiger partial charge in [0.15, 0.2) is 0 Å². The monoisotopic (exact) mass is 355 g/mol. The van der Waals surface area contributed by atoms with Crippen LogP contribution in [-0.4, -0.2) is 21.8 Å². The molecular weight excluding hydrogens is 333 g/mol. The summed E-state index contributed by atoms with van der Waals surface area (Å²) in [5.41, 5.74) is 8.90. The van der Waals surface area contributed by atoms with Crippen molar-refractivity contribution in [3.8, 4) is 0 Å². The molecule has 1 aromatic carbocycles. The number of nitrogens with two attached hydrogens (primary N) is 1. The molecule has 0 fully saturated rings. The van der Waals surface area contributed by atoms with Crippen molar-refractivity contribution < 1.29 is 4.79 Å². The van der Waals surface area contributed by atoms with Gasteiger partial charge in [-0.3, -0.25) is 9.78 Å². The summed E-state index contributed by atoms with van der Waals surface area (Å²) in [7, 11) is 0. The number of rotatable bonds is 5. The van der Waals surface area contributed by atoms with Crippen LogP contribution >= 0.6 is 24.8 Å². The second kappa shape index (κ2) is 10.2. The average Bonchev–Trinajstić information content (AvgIpc) is 2.47. The molecule has 0 spiro atoms. The highest BCUT2D eigenvalue weighted by Crippen LogP contribution is 2.11. The third-order valence-electron chi connectivity index (χ3n) is 3.24. The molecule has 1 atom stereocenters. The van der Waals surface area contributed by atoms with Crippen molar-refractivity contribution in [3.63, 3.8) is 0 Å². The van der Waals surface area contributed by atoms with Crippen LogP contribution in [0.15, 0.2) is 48.7 Å². The minimum absolute atomic E-state index is 0. The van der Waals surface area contributed by atoms with E-state index in [-0.39, 0.29) is 30.7 Å². The molecule has 1 amide bonds. The standard InChI is InChI=1S/C17H21N3O.2ClH/c1-13-6-5-7-15(10-13)11-20(17(21)14(2)18)12-16-8-3-4-9-19-16;;/h3-10,14H,11-12,18H2,1-2H3;2*1H/t14-;;/m1../s1. The fourth-order valence-electron chi connectivity index (χ4n) is 2.22. The highest BCUT2D eigenvalue weighted by molar-refractivity contribution is 5.85. The highest BCUT2D eigenvalue weighted by atomic mass is 35.5. The third kappa shape index (κ3) is 6.57. The Balaban J connectivity index is 0.00000242.